The minimum atomic E-state index is -1.23. The van der Waals surface area contributed by atoms with Gasteiger partial charge in [0.1, 0.15) is 0 Å². The first-order valence-corrected chi connectivity index (χ1v) is 10.2. The zero-order valence-electron chi connectivity index (χ0n) is 16.7. The highest BCUT2D eigenvalue weighted by atomic mass is 32.1. The topological polar surface area (TPSA) is 133 Å². The fraction of sp³-hybridized carbons (Fsp3) is 0.0909. The van der Waals surface area contributed by atoms with Crippen molar-refractivity contribution in [2.45, 2.75) is 0 Å². The van der Waals surface area contributed by atoms with Crippen LogP contribution in [-0.2, 0) is 4.79 Å². The molecule has 162 valence electrons. The number of hydrogen-bond donors (Lipinski definition) is 3. The second-order valence-corrected chi connectivity index (χ2v) is 7.88. The Hall–Kier alpha value is -4.18. The molecule has 4 aromatic rings. The molecule has 9 nitrogen and oxygen atoms in total. The highest BCUT2D eigenvalue weighted by molar-refractivity contribution is 7.21. The summed E-state index contributed by atoms with van der Waals surface area (Å²) in [5.41, 5.74) is 2.02. The van der Waals surface area contributed by atoms with Crippen molar-refractivity contribution in [1.82, 2.24) is 10.2 Å². The van der Waals surface area contributed by atoms with Gasteiger partial charge in [0.25, 0.3) is 5.91 Å². The van der Waals surface area contributed by atoms with Crippen LogP contribution in [0.3, 0.4) is 0 Å². The van der Waals surface area contributed by atoms with E-state index in [0.717, 1.165) is 22.6 Å². The van der Waals surface area contributed by atoms with Gasteiger partial charge >= 0.3 is 11.9 Å². The molecule has 0 fully saturated rings. The molecule has 3 N–H and O–H groups in total. The fourth-order valence-electron chi connectivity index (χ4n) is 3.17. The molecule has 10 heteroatoms. The predicted octanol–water partition coefficient (Wildman–Crippen LogP) is 3.73. The summed E-state index contributed by atoms with van der Waals surface area (Å²) in [5.74, 6) is -2.38. The van der Waals surface area contributed by atoms with Gasteiger partial charge in [0, 0.05) is 28.8 Å². The van der Waals surface area contributed by atoms with Crippen molar-refractivity contribution in [2.24, 2.45) is 0 Å². The molecule has 0 saturated carbocycles. The van der Waals surface area contributed by atoms with Crippen LogP contribution in [0.5, 0.6) is 5.75 Å². The summed E-state index contributed by atoms with van der Waals surface area (Å²) >= 11 is 0.914. The number of hydrogen-bond acceptors (Lipinski definition) is 6. The number of rotatable bonds is 7. The number of aromatic amines is 1. The minimum Gasteiger partial charge on any atom is -0.479 e. The molecule has 2 aromatic carbocycles. The number of nitrogens with one attached hydrogen (secondary N) is 1. The number of nitrogens with zero attached hydrogens (tertiary/aromatic N) is 2. The van der Waals surface area contributed by atoms with Crippen molar-refractivity contribution in [3.05, 3.63) is 65.0 Å². The Kier molecular flexibility index (Phi) is 5.61. The highest BCUT2D eigenvalue weighted by Crippen LogP contribution is 2.38. The van der Waals surface area contributed by atoms with E-state index < -0.39 is 18.5 Å². The van der Waals surface area contributed by atoms with Crippen molar-refractivity contribution in [2.75, 3.05) is 18.6 Å². The second-order valence-electron chi connectivity index (χ2n) is 6.83. The summed E-state index contributed by atoms with van der Waals surface area (Å²) < 4.78 is 5.69. The van der Waals surface area contributed by atoms with Crippen LogP contribution in [0.2, 0.25) is 0 Å². The third kappa shape index (κ3) is 4.03. The summed E-state index contributed by atoms with van der Waals surface area (Å²) in [4.78, 5) is 36.7. The number of carbonyl (C=O) groups is 3. The molecule has 2 heterocycles. The van der Waals surface area contributed by atoms with Crippen molar-refractivity contribution in [3.8, 4) is 17.0 Å². The smallest absolute Gasteiger partial charge is 0.349 e. The number of aromatic carboxylic acids is 1. The zero-order chi connectivity index (χ0) is 22.8. The molecule has 4 rings (SSSR count). The fourth-order valence-corrected chi connectivity index (χ4v) is 4.20. The van der Waals surface area contributed by atoms with Gasteiger partial charge in [-0.25, -0.2) is 9.59 Å². The van der Waals surface area contributed by atoms with Gasteiger partial charge in [-0.1, -0.05) is 30.3 Å². The first-order chi connectivity index (χ1) is 15.3. The molecule has 32 heavy (non-hydrogen) atoms. The number of carboxylic acids is 2. The van der Waals surface area contributed by atoms with Gasteiger partial charge in [-0.15, -0.1) is 11.3 Å². The maximum Gasteiger partial charge on any atom is 0.349 e. The maximum absolute atomic E-state index is 13.0. The third-order valence-corrected chi connectivity index (χ3v) is 5.84. The quantitative estimate of drug-likeness (QED) is 0.390. The molecule has 0 atom stereocenters. The summed E-state index contributed by atoms with van der Waals surface area (Å²) in [5, 5.41) is 25.8. The average Bonchev–Trinajstić information content (AvgIpc) is 3.42. The molecule has 0 radical (unpaired) electrons. The van der Waals surface area contributed by atoms with Crippen molar-refractivity contribution >= 4 is 45.1 Å². The minimum absolute atomic E-state index is 0.0212. The van der Waals surface area contributed by atoms with Crippen LogP contribution in [0, 0.1) is 0 Å². The highest BCUT2D eigenvalue weighted by Gasteiger charge is 2.23. The van der Waals surface area contributed by atoms with E-state index in [0.29, 0.717) is 21.5 Å². The maximum atomic E-state index is 13.0. The van der Waals surface area contributed by atoms with Crippen molar-refractivity contribution in [1.29, 1.82) is 0 Å². The van der Waals surface area contributed by atoms with Gasteiger partial charge in [-0.2, -0.15) is 5.10 Å². The van der Waals surface area contributed by atoms with E-state index in [-0.39, 0.29) is 16.5 Å². The van der Waals surface area contributed by atoms with Gasteiger partial charge in [0.05, 0.1) is 5.69 Å². The molecule has 2 aromatic heterocycles. The van der Waals surface area contributed by atoms with Gasteiger partial charge in [0.15, 0.2) is 23.1 Å². The van der Waals surface area contributed by atoms with E-state index in [1.807, 2.05) is 30.3 Å². The lowest BCUT2D eigenvalue weighted by molar-refractivity contribution is -0.139. The van der Waals surface area contributed by atoms with Gasteiger partial charge in [0.2, 0.25) is 0 Å². The van der Waals surface area contributed by atoms with Crippen LogP contribution >= 0.6 is 11.3 Å². The number of carbonyl (C=O) groups excluding carboxylic acids is 1. The molecule has 0 aliphatic rings. The molecule has 1 amide bonds. The largest absolute Gasteiger partial charge is 0.479 e. The van der Waals surface area contributed by atoms with Gasteiger partial charge < -0.3 is 14.9 Å². The monoisotopic (exact) mass is 451 g/mol. The van der Waals surface area contributed by atoms with Crippen LogP contribution in [0.4, 0.5) is 5.82 Å². The number of benzene rings is 2. The van der Waals surface area contributed by atoms with E-state index in [1.165, 1.54) is 11.0 Å². The summed E-state index contributed by atoms with van der Waals surface area (Å²) in [7, 11) is 1.59. The number of carboxylic acid groups (broad SMARTS) is 2. The first-order valence-electron chi connectivity index (χ1n) is 9.38. The Morgan fingerprint density at radius 2 is 1.84 bits per heavy atom. The molecule has 0 aliphatic carbocycles. The lowest BCUT2D eigenvalue weighted by Gasteiger charge is -2.14. The van der Waals surface area contributed by atoms with Crippen molar-refractivity contribution in [3.63, 3.8) is 0 Å². The van der Waals surface area contributed by atoms with Crippen LogP contribution in [0.25, 0.3) is 21.3 Å². The Labute approximate surface area is 185 Å². The molecular weight excluding hydrogens is 434 g/mol. The Morgan fingerprint density at radius 3 is 2.53 bits per heavy atom. The standard InChI is InChI=1S/C22H17N3O6S/c1-25(17-10-15(23-24-17)12-5-3-2-4-6-12)21(28)13-7-8-14-16(9-13)32-20(22(29)30)19(14)31-11-18(26)27/h2-10H,11H2,1H3,(H,23,24)(H,26,27)(H,29,30). The van der Waals surface area contributed by atoms with Crippen LogP contribution in [0.1, 0.15) is 20.0 Å². The Balaban J connectivity index is 1.63. The number of H-pyrrole nitrogens is 1. The predicted molar refractivity (Wildman–Crippen MR) is 119 cm³/mol. The molecule has 0 aliphatic heterocycles. The molecule has 0 saturated heterocycles. The lowest BCUT2D eigenvalue weighted by atomic mass is 10.1. The van der Waals surface area contributed by atoms with E-state index in [2.05, 4.69) is 10.2 Å². The molecule has 0 unspecified atom stereocenters. The molecule has 0 bridgehead atoms. The lowest BCUT2D eigenvalue weighted by Crippen LogP contribution is -2.26. The first kappa shape index (κ1) is 21.1. The van der Waals surface area contributed by atoms with Crippen LogP contribution in [0.15, 0.2) is 54.6 Å². The SMILES string of the molecule is CN(C(=O)c1ccc2c(OCC(=O)O)c(C(=O)O)sc2c1)c1cc(-c2ccccc2)[nH]n1. The number of aromatic nitrogens is 2. The number of thiophene rings is 1. The summed E-state index contributed by atoms with van der Waals surface area (Å²) in [6.45, 7) is -0.668. The third-order valence-electron chi connectivity index (χ3n) is 4.72. The van der Waals surface area contributed by atoms with E-state index in [4.69, 9.17) is 9.84 Å². The van der Waals surface area contributed by atoms with Crippen molar-refractivity contribution < 1.29 is 29.3 Å². The van der Waals surface area contributed by atoms with E-state index in [1.54, 1.807) is 25.2 Å². The Morgan fingerprint density at radius 1 is 1.09 bits per heavy atom. The molecule has 0 spiro atoms. The second kappa shape index (κ2) is 8.52. The van der Waals surface area contributed by atoms with Gasteiger partial charge in [-0.05, 0) is 23.8 Å². The van der Waals surface area contributed by atoms with E-state index in [9.17, 15) is 19.5 Å². The average molecular weight is 451 g/mol. The molecular formula is C22H17N3O6S. The number of aliphatic carboxylic acids is 1. The number of ether oxygens (including phenoxy) is 1. The normalized spacial score (nSPS) is 10.8. The van der Waals surface area contributed by atoms with Crippen LogP contribution < -0.4 is 9.64 Å². The number of fused-ring (bicyclic) bond motifs is 1. The van der Waals surface area contributed by atoms with Gasteiger partial charge in [-0.3, -0.25) is 14.8 Å². The van der Waals surface area contributed by atoms with E-state index >= 15 is 0 Å². The van der Waals surface area contributed by atoms with Crippen LogP contribution in [-0.4, -0.2) is 51.9 Å². The number of anilines is 1. The number of amides is 1. The summed E-state index contributed by atoms with van der Waals surface area (Å²) in [6.07, 6.45) is 0. The zero-order valence-corrected chi connectivity index (χ0v) is 17.5. The summed E-state index contributed by atoms with van der Waals surface area (Å²) in [6, 6.07) is 16.0. The Bertz CT molecular complexity index is 1330.